The maximum atomic E-state index is 11.7. The first-order chi connectivity index (χ1) is 10.1. The summed E-state index contributed by atoms with van der Waals surface area (Å²) in [4.78, 5) is 22.8. The Morgan fingerprint density at radius 1 is 1.29 bits per heavy atom. The SMILES string of the molecule is CCCC[C@H](NC(=O)CSCCc1ccccc1)C(=O)O. The zero-order valence-corrected chi connectivity index (χ0v) is 13.2. The number of benzene rings is 1. The third-order valence-electron chi connectivity index (χ3n) is 3.09. The van der Waals surface area contributed by atoms with Crippen molar-refractivity contribution in [1.82, 2.24) is 5.32 Å². The van der Waals surface area contributed by atoms with E-state index < -0.39 is 12.0 Å². The quantitative estimate of drug-likeness (QED) is 0.652. The molecule has 0 bridgehead atoms. The van der Waals surface area contributed by atoms with E-state index in [1.807, 2.05) is 25.1 Å². The highest BCUT2D eigenvalue weighted by molar-refractivity contribution is 7.99. The summed E-state index contributed by atoms with van der Waals surface area (Å²) in [5.74, 6) is 0.00927. The van der Waals surface area contributed by atoms with Crippen molar-refractivity contribution < 1.29 is 14.7 Å². The van der Waals surface area contributed by atoms with Gasteiger partial charge in [0.1, 0.15) is 6.04 Å². The maximum Gasteiger partial charge on any atom is 0.326 e. The van der Waals surface area contributed by atoms with E-state index in [1.54, 1.807) is 0 Å². The molecule has 0 spiro atoms. The van der Waals surface area contributed by atoms with Gasteiger partial charge in [-0.1, -0.05) is 50.1 Å². The van der Waals surface area contributed by atoms with Gasteiger partial charge in [0, 0.05) is 0 Å². The fourth-order valence-electron chi connectivity index (χ4n) is 1.90. The van der Waals surface area contributed by atoms with E-state index >= 15 is 0 Å². The molecular formula is C16H23NO3S. The largest absolute Gasteiger partial charge is 0.480 e. The van der Waals surface area contributed by atoms with Crippen LogP contribution in [-0.2, 0) is 16.0 Å². The number of aryl methyl sites for hydroxylation is 1. The van der Waals surface area contributed by atoms with Crippen LogP contribution in [0, 0.1) is 0 Å². The van der Waals surface area contributed by atoms with Gasteiger partial charge in [-0.25, -0.2) is 4.79 Å². The Balaban J connectivity index is 2.21. The second-order valence-corrected chi connectivity index (χ2v) is 5.99. The Bertz CT molecular complexity index is 436. The van der Waals surface area contributed by atoms with Crippen LogP contribution >= 0.6 is 11.8 Å². The molecule has 1 rings (SSSR count). The average Bonchev–Trinajstić information content (AvgIpc) is 2.48. The second kappa shape index (κ2) is 10.3. The summed E-state index contributed by atoms with van der Waals surface area (Å²) in [7, 11) is 0. The zero-order chi connectivity index (χ0) is 15.5. The number of aliphatic carboxylic acids is 1. The Hall–Kier alpha value is -1.49. The molecule has 21 heavy (non-hydrogen) atoms. The number of unbranched alkanes of at least 4 members (excludes halogenated alkanes) is 1. The van der Waals surface area contributed by atoms with Crippen LogP contribution in [-0.4, -0.2) is 34.5 Å². The molecule has 0 saturated heterocycles. The molecule has 5 heteroatoms. The lowest BCUT2D eigenvalue weighted by molar-refractivity contribution is -0.141. The fraction of sp³-hybridized carbons (Fsp3) is 0.500. The zero-order valence-electron chi connectivity index (χ0n) is 12.4. The number of carboxylic acids is 1. The molecule has 1 aromatic rings. The smallest absolute Gasteiger partial charge is 0.326 e. The van der Waals surface area contributed by atoms with Crippen molar-refractivity contribution in [2.45, 2.75) is 38.6 Å². The molecule has 0 unspecified atom stereocenters. The summed E-state index contributed by atoms with van der Waals surface area (Å²) in [5.41, 5.74) is 1.25. The predicted molar refractivity (Wildman–Crippen MR) is 86.6 cm³/mol. The van der Waals surface area contributed by atoms with Gasteiger partial charge in [0.25, 0.3) is 0 Å². The molecule has 1 aromatic carbocycles. The van der Waals surface area contributed by atoms with Crippen molar-refractivity contribution >= 4 is 23.6 Å². The minimum atomic E-state index is -0.953. The topological polar surface area (TPSA) is 66.4 Å². The van der Waals surface area contributed by atoms with Crippen molar-refractivity contribution in [2.75, 3.05) is 11.5 Å². The van der Waals surface area contributed by atoms with Crippen LogP contribution in [0.15, 0.2) is 30.3 Å². The van der Waals surface area contributed by atoms with Crippen LogP contribution in [0.2, 0.25) is 0 Å². The Morgan fingerprint density at radius 2 is 2.00 bits per heavy atom. The molecule has 0 aliphatic rings. The molecule has 0 radical (unpaired) electrons. The summed E-state index contributed by atoms with van der Waals surface area (Å²) in [6.07, 6.45) is 3.13. The van der Waals surface area contributed by atoms with Crippen LogP contribution in [0.4, 0.5) is 0 Å². The molecule has 1 amide bonds. The maximum absolute atomic E-state index is 11.7. The number of carbonyl (C=O) groups is 2. The van der Waals surface area contributed by atoms with Gasteiger partial charge in [0.05, 0.1) is 5.75 Å². The van der Waals surface area contributed by atoms with Crippen molar-refractivity contribution in [1.29, 1.82) is 0 Å². The lowest BCUT2D eigenvalue weighted by Crippen LogP contribution is -2.41. The van der Waals surface area contributed by atoms with Gasteiger partial charge in [-0.15, -0.1) is 0 Å². The fourth-order valence-corrected chi connectivity index (χ4v) is 2.69. The van der Waals surface area contributed by atoms with Crippen LogP contribution in [0.1, 0.15) is 31.7 Å². The molecule has 1 atom stereocenters. The van der Waals surface area contributed by atoms with Gasteiger partial charge in [-0.2, -0.15) is 11.8 Å². The summed E-state index contributed by atoms with van der Waals surface area (Å²) in [5, 5.41) is 11.6. The van der Waals surface area contributed by atoms with E-state index in [0.717, 1.165) is 25.0 Å². The molecule has 0 fully saturated rings. The van der Waals surface area contributed by atoms with Crippen LogP contribution in [0.3, 0.4) is 0 Å². The minimum Gasteiger partial charge on any atom is -0.480 e. The average molecular weight is 309 g/mol. The normalized spacial score (nSPS) is 11.9. The van der Waals surface area contributed by atoms with Crippen LogP contribution < -0.4 is 5.32 Å². The summed E-state index contributed by atoms with van der Waals surface area (Å²) >= 11 is 1.53. The van der Waals surface area contributed by atoms with Gasteiger partial charge in [0.2, 0.25) is 5.91 Å². The van der Waals surface area contributed by atoms with Gasteiger partial charge in [-0.3, -0.25) is 4.79 Å². The third-order valence-corrected chi connectivity index (χ3v) is 4.05. The molecule has 0 saturated carbocycles. The highest BCUT2D eigenvalue weighted by Crippen LogP contribution is 2.07. The summed E-state index contributed by atoms with van der Waals surface area (Å²) < 4.78 is 0. The minimum absolute atomic E-state index is 0.198. The summed E-state index contributed by atoms with van der Waals surface area (Å²) in [6.45, 7) is 2.00. The number of hydrogen-bond donors (Lipinski definition) is 2. The first-order valence-corrected chi connectivity index (χ1v) is 8.42. The third kappa shape index (κ3) is 7.75. The molecule has 116 valence electrons. The number of carboxylic acid groups (broad SMARTS) is 1. The molecule has 0 heterocycles. The van der Waals surface area contributed by atoms with Crippen molar-refractivity contribution in [3.63, 3.8) is 0 Å². The highest BCUT2D eigenvalue weighted by Gasteiger charge is 2.18. The van der Waals surface area contributed by atoms with Gasteiger partial charge in [0.15, 0.2) is 0 Å². The first kappa shape index (κ1) is 17.6. The van der Waals surface area contributed by atoms with E-state index in [2.05, 4.69) is 17.4 Å². The second-order valence-electron chi connectivity index (χ2n) is 4.89. The Kier molecular flexibility index (Phi) is 8.59. The first-order valence-electron chi connectivity index (χ1n) is 7.27. The van der Waals surface area contributed by atoms with E-state index in [9.17, 15) is 9.59 Å². The highest BCUT2D eigenvalue weighted by atomic mass is 32.2. The number of carbonyl (C=O) groups excluding carboxylic acids is 1. The Labute approximate surface area is 130 Å². The number of amides is 1. The van der Waals surface area contributed by atoms with Crippen LogP contribution in [0.5, 0.6) is 0 Å². The van der Waals surface area contributed by atoms with Crippen molar-refractivity contribution in [3.8, 4) is 0 Å². The lowest BCUT2D eigenvalue weighted by atomic mass is 10.1. The molecule has 4 nitrogen and oxygen atoms in total. The predicted octanol–water partition coefficient (Wildman–Crippen LogP) is 2.72. The van der Waals surface area contributed by atoms with E-state index in [-0.39, 0.29) is 5.91 Å². The standard InChI is InChI=1S/C16H23NO3S/c1-2-3-9-14(16(19)20)17-15(18)12-21-11-10-13-7-5-4-6-8-13/h4-8,14H,2-3,9-12H2,1H3,(H,17,18)(H,19,20)/t14-/m0/s1. The van der Waals surface area contributed by atoms with Gasteiger partial charge >= 0.3 is 5.97 Å². The number of nitrogens with one attached hydrogen (secondary N) is 1. The van der Waals surface area contributed by atoms with Gasteiger partial charge < -0.3 is 10.4 Å². The number of thioether (sulfide) groups is 1. The molecule has 0 aromatic heterocycles. The number of rotatable bonds is 10. The van der Waals surface area contributed by atoms with E-state index in [0.29, 0.717) is 12.2 Å². The van der Waals surface area contributed by atoms with Crippen LogP contribution in [0.25, 0.3) is 0 Å². The van der Waals surface area contributed by atoms with E-state index in [1.165, 1.54) is 17.3 Å². The number of hydrogen-bond acceptors (Lipinski definition) is 3. The Morgan fingerprint density at radius 3 is 2.62 bits per heavy atom. The molecular weight excluding hydrogens is 286 g/mol. The summed E-state index contributed by atoms with van der Waals surface area (Å²) in [6, 6.07) is 9.34. The molecule has 0 aliphatic carbocycles. The van der Waals surface area contributed by atoms with Gasteiger partial charge in [-0.05, 0) is 24.2 Å². The van der Waals surface area contributed by atoms with Crippen molar-refractivity contribution in [2.24, 2.45) is 0 Å². The lowest BCUT2D eigenvalue weighted by Gasteiger charge is -2.13. The molecule has 0 aliphatic heterocycles. The van der Waals surface area contributed by atoms with Crippen molar-refractivity contribution in [3.05, 3.63) is 35.9 Å². The monoisotopic (exact) mass is 309 g/mol. The molecule has 2 N–H and O–H groups in total. The van der Waals surface area contributed by atoms with E-state index in [4.69, 9.17) is 5.11 Å².